The molecule has 0 saturated heterocycles. The Balaban J connectivity index is 2.93. The van der Waals surface area contributed by atoms with Gasteiger partial charge in [0.25, 0.3) is 5.92 Å². The third-order valence-electron chi connectivity index (χ3n) is 1.61. The first-order valence-electron chi connectivity index (χ1n) is 3.72. The van der Waals surface area contributed by atoms with E-state index in [1.54, 1.807) is 12.2 Å². The molecular weight excluding hydrogens is 160 g/mol. The van der Waals surface area contributed by atoms with E-state index < -0.39 is 5.92 Å². The van der Waals surface area contributed by atoms with E-state index in [1.165, 1.54) is 12.2 Å². The molecule has 1 rings (SSSR count). The molecule has 0 unspecified atom stereocenters. The quantitative estimate of drug-likeness (QED) is 0.644. The number of hydrogen-bond donors (Lipinski definition) is 1. The topological polar surface area (TPSA) is 26.0 Å². The van der Waals surface area contributed by atoms with Crippen molar-refractivity contribution in [3.8, 4) is 0 Å². The molecule has 0 aromatic carbocycles. The smallest absolute Gasteiger partial charge is 0.270 e. The van der Waals surface area contributed by atoms with Crippen LogP contribution < -0.4 is 5.73 Å². The van der Waals surface area contributed by atoms with E-state index in [4.69, 9.17) is 5.73 Å². The molecule has 0 fully saturated rings. The highest BCUT2D eigenvalue weighted by Gasteiger charge is 2.25. The molecule has 12 heavy (non-hydrogen) atoms. The van der Waals surface area contributed by atoms with Gasteiger partial charge in [0.1, 0.15) is 0 Å². The third-order valence-corrected chi connectivity index (χ3v) is 1.61. The number of hydrogen-bond acceptors (Lipinski definition) is 1. The SMILES string of the molecule is CC(F)(F)C1=CCC=CC(N)=C1. The van der Waals surface area contributed by atoms with Crippen molar-refractivity contribution in [2.75, 3.05) is 0 Å². The van der Waals surface area contributed by atoms with E-state index in [2.05, 4.69) is 0 Å². The summed E-state index contributed by atoms with van der Waals surface area (Å²) >= 11 is 0. The molecule has 0 radical (unpaired) electrons. The van der Waals surface area contributed by atoms with Gasteiger partial charge in [-0.15, -0.1) is 0 Å². The molecule has 0 aliphatic heterocycles. The largest absolute Gasteiger partial charge is 0.399 e. The molecular formula is C9H11F2N. The van der Waals surface area contributed by atoms with Gasteiger partial charge in [-0.2, -0.15) is 0 Å². The number of alkyl halides is 2. The van der Waals surface area contributed by atoms with Crippen molar-refractivity contribution in [2.45, 2.75) is 19.3 Å². The summed E-state index contributed by atoms with van der Waals surface area (Å²) < 4.78 is 25.5. The van der Waals surface area contributed by atoms with E-state index in [-0.39, 0.29) is 5.57 Å². The van der Waals surface area contributed by atoms with E-state index in [0.29, 0.717) is 12.1 Å². The number of halogens is 2. The van der Waals surface area contributed by atoms with E-state index in [0.717, 1.165) is 6.92 Å². The van der Waals surface area contributed by atoms with Crippen molar-refractivity contribution in [1.29, 1.82) is 0 Å². The summed E-state index contributed by atoms with van der Waals surface area (Å²) in [6.45, 7) is 0.869. The van der Waals surface area contributed by atoms with Crippen LogP contribution in [0.15, 0.2) is 35.6 Å². The van der Waals surface area contributed by atoms with Crippen molar-refractivity contribution >= 4 is 0 Å². The predicted molar refractivity (Wildman–Crippen MR) is 44.7 cm³/mol. The highest BCUT2D eigenvalue weighted by Crippen LogP contribution is 2.26. The average Bonchev–Trinajstić information content (AvgIpc) is 2.11. The van der Waals surface area contributed by atoms with E-state index in [9.17, 15) is 8.78 Å². The van der Waals surface area contributed by atoms with Crippen LogP contribution in [0.4, 0.5) is 8.78 Å². The lowest BCUT2D eigenvalue weighted by Gasteiger charge is -2.10. The maximum atomic E-state index is 12.8. The summed E-state index contributed by atoms with van der Waals surface area (Å²) in [6, 6.07) is 0. The summed E-state index contributed by atoms with van der Waals surface area (Å²) in [5.74, 6) is -2.79. The number of nitrogens with two attached hydrogens (primary N) is 1. The van der Waals surface area contributed by atoms with Gasteiger partial charge in [0, 0.05) is 18.2 Å². The summed E-state index contributed by atoms with van der Waals surface area (Å²) in [6.07, 6.45) is 6.69. The van der Waals surface area contributed by atoms with Crippen LogP contribution in [0.5, 0.6) is 0 Å². The van der Waals surface area contributed by atoms with Gasteiger partial charge in [0.05, 0.1) is 0 Å². The maximum Gasteiger partial charge on any atom is 0.270 e. The molecule has 0 amide bonds. The van der Waals surface area contributed by atoms with Gasteiger partial charge in [0.2, 0.25) is 0 Å². The van der Waals surface area contributed by atoms with Gasteiger partial charge >= 0.3 is 0 Å². The summed E-state index contributed by atoms with van der Waals surface area (Å²) in [5.41, 5.74) is 5.79. The molecule has 0 bridgehead atoms. The Hall–Kier alpha value is -1.12. The molecule has 0 aromatic rings. The Kier molecular flexibility index (Phi) is 2.31. The maximum absolute atomic E-state index is 12.8. The fourth-order valence-corrected chi connectivity index (χ4v) is 0.992. The molecule has 66 valence electrons. The molecule has 0 saturated carbocycles. The molecule has 1 aliphatic carbocycles. The Morgan fingerprint density at radius 2 is 2.17 bits per heavy atom. The van der Waals surface area contributed by atoms with Crippen LogP contribution in [-0.4, -0.2) is 5.92 Å². The Bertz CT molecular complexity index is 256. The molecule has 1 aliphatic rings. The van der Waals surface area contributed by atoms with Crippen molar-refractivity contribution in [3.05, 3.63) is 35.6 Å². The normalized spacial score (nSPS) is 18.2. The summed E-state index contributed by atoms with van der Waals surface area (Å²) in [7, 11) is 0. The second kappa shape index (κ2) is 3.09. The first kappa shape index (κ1) is 8.97. The van der Waals surface area contributed by atoms with Crippen LogP contribution in [-0.2, 0) is 0 Å². The first-order valence-corrected chi connectivity index (χ1v) is 3.72. The Morgan fingerprint density at radius 1 is 1.50 bits per heavy atom. The van der Waals surface area contributed by atoms with Gasteiger partial charge in [-0.25, -0.2) is 8.78 Å². The predicted octanol–water partition coefficient (Wildman–Crippen LogP) is 2.37. The van der Waals surface area contributed by atoms with Crippen molar-refractivity contribution in [2.24, 2.45) is 5.73 Å². The number of allylic oxidation sites excluding steroid dienone is 5. The molecule has 2 N–H and O–H groups in total. The van der Waals surface area contributed by atoms with Crippen molar-refractivity contribution < 1.29 is 8.78 Å². The zero-order chi connectivity index (χ0) is 9.19. The summed E-state index contributed by atoms with van der Waals surface area (Å²) in [4.78, 5) is 0. The minimum absolute atomic E-state index is 0.00926. The van der Waals surface area contributed by atoms with Crippen LogP contribution in [0, 0.1) is 0 Å². The second-order valence-electron chi connectivity index (χ2n) is 2.83. The fraction of sp³-hybridized carbons (Fsp3) is 0.333. The minimum Gasteiger partial charge on any atom is -0.399 e. The zero-order valence-corrected chi connectivity index (χ0v) is 6.85. The zero-order valence-electron chi connectivity index (χ0n) is 6.85. The third kappa shape index (κ3) is 2.19. The lowest BCUT2D eigenvalue weighted by atomic mass is 10.1. The minimum atomic E-state index is -2.79. The first-order chi connectivity index (χ1) is 5.50. The summed E-state index contributed by atoms with van der Waals surface area (Å²) in [5, 5.41) is 0. The second-order valence-corrected chi connectivity index (χ2v) is 2.83. The van der Waals surface area contributed by atoms with Crippen molar-refractivity contribution in [1.82, 2.24) is 0 Å². The molecule has 0 aromatic heterocycles. The van der Waals surface area contributed by atoms with Gasteiger partial charge in [-0.3, -0.25) is 0 Å². The standard InChI is InChI=1S/C9H11F2N/c1-9(10,11)7-4-2-3-5-8(12)6-7/h3-6H,2,12H2,1H3. The van der Waals surface area contributed by atoms with Crippen molar-refractivity contribution in [3.63, 3.8) is 0 Å². The molecule has 0 heterocycles. The van der Waals surface area contributed by atoms with Gasteiger partial charge in [0.15, 0.2) is 0 Å². The van der Waals surface area contributed by atoms with Gasteiger partial charge in [-0.1, -0.05) is 12.2 Å². The van der Waals surface area contributed by atoms with Crippen LogP contribution in [0.1, 0.15) is 13.3 Å². The van der Waals surface area contributed by atoms with E-state index >= 15 is 0 Å². The monoisotopic (exact) mass is 171 g/mol. The number of rotatable bonds is 1. The lowest BCUT2D eigenvalue weighted by molar-refractivity contribution is 0.0671. The van der Waals surface area contributed by atoms with Gasteiger partial charge < -0.3 is 5.73 Å². The Labute approximate surface area is 70.3 Å². The molecule has 1 nitrogen and oxygen atoms in total. The molecule has 3 heteroatoms. The average molecular weight is 171 g/mol. The lowest BCUT2D eigenvalue weighted by Crippen LogP contribution is -2.13. The van der Waals surface area contributed by atoms with Crippen LogP contribution in [0.2, 0.25) is 0 Å². The highest BCUT2D eigenvalue weighted by atomic mass is 19.3. The van der Waals surface area contributed by atoms with Crippen LogP contribution >= 0.6 is 0 Å². The molecule has 0 atom stereocenters. The fourth-order valence-electron chi connectivity index (χ4n) is 0.992. The van der Waals surface area contributed by atoms with Crippen LogP contribution in [0.3, 0.4) is 0 Å². The highest BCUT2D eigenvalue weighted by molar-refractivity contribution is 5.35. The Morgan fingerprint density at radius 3 is 2.75 bits per heavy atom. The van der Waals surface area contributed by atoms with Crippen LogP contribution in [0.25, 0.3) is 0 Å². The van der Waals surface area contributed by atoms with Gasteiger partial charge in [-0.05, 0) is 18.6 Å². The van der Waals surface area contributed by atoms with E-state index in [1.807, 2.05) is 0 Å². The molecule has 0 spiro atoms.